The predicted octanol–water partition coefficient (Wildman–Crippen LogP) is 3.81. The summed E-state index contributed by atoms with van der Waals surface area (Å²) in [6, 6.07) is 13.1. The van der Waals surface area contributed by atoms with Gasteiger partial charge < -0.3 is 29.3 Å². The molecule has 0 bridgehead atoms. The Morgan fingerprint density at radius 1 is 0.793 bits per heavy atom. The summed E-state index contributed by atoms with van der Waals surface area (Å²) in [5.41, 5.74) is 1.33. The molecule has 1 heterocycles. The average molecular weight is 396 g/mol. The lowest BCUT2D eigenvalue weighted by atomic mass is 10.1. The van der Waals surface area contributed by atoms with Gasteiger partial charge in [-0.1, -0.05) is 6.07 Å². The fraction of sp³-hybridized carbons (Fsp3) is 0.143. The van der Waals surface area contributed by atoms with Crippen LogP contribution in [0.2, 0.25) is 0 Å². The third kappa shape index (κ3) is 4.49. The van der Waals surface area contributed by atoms with Gasteiger partial charge in [0.25, 0.3) is 11.8 Å². The van der Waals surface area contributed by atoms with E-state index >= 15 is 0 Å². The maximum Gasteiger partial charge on any atom is 0.291 e. The second-order valence-electron chi connectivity index (χ2n) is 5.88. The summed E-state index contributed by atoms with van der Waals surface area (Å²) in [5, 5.41) is 5.49. The van der Waals surface area contributed by atoms with Crippen LogP contribution in [0.4, 0.5) is 11.4 Å². The lowest BCUT2D eigenvalue weighted by molar-refractivity contribution is 0.0995. The Labute approximate surface area is 167 Å². The van der Waals surface area contributed by atoms with E-state index in [0.717, 1.165) is 0 Å². The number of hydrogen-bond acceptors (Lipinski definition) is 6. The Bertz CT molecular complexity index is 989. The molecule has 0 unspecified atom stereocenters. The molecule has 2 aromatic carbocycles. The lowest BCUT2D eigenvalue weighted by Gasteiger charge is -2.14. The summed E-state index contributed by atoms with van der Waals surface area (Å²) >= 11 is 0. The first-order chi connectivity index (χ1) is 14.0. The van der Waals surface area contributed by atoms with Crippen LogP contribution in [0.25, 0.3) is 0 Å². The molecule has 8 heteroatoms. The quantitative estimate of drug-likeness (QED) is 0.630. The van der Waals surface area contributed by atoms with Gasteiger partial charge in [-0.05, 0) is 42.5 Å². The molecule has 1 aromatic heterocycles. The molecule has 3 rings (SSSR count). The van der Waals surface area contributed by atoms with Crippen LogP contribution in [0, 0.1) is 0 Å². The van der Waals surface area contributed by atoms with Crippen LogP contribution in [0.3, 0.4) is 0 Å². The van der Waals surface area contributed by atoms with Crippen LogP contribution < -0.4 is 24.8 Å². The molecule has 0 aliphatic rings. The highest BCUT2D eigenvalue weighted by atomic mass is 16.5. The highest BCUT2D eigenvalue weighted by Gasteiger charge is 2.17. The Hall–Kier alpha value is -3.94. The van der Waals surface area contributed by atoms with Gasteiger partial charge in [0, 0.05) is 16.9 Å². The number of carbonyl (C=O) groups is 2. The summed E-state index contributed by atoms with van der Waals surface area (Å²) in [6.07, 6.45) is 1.42. The van der Waals surface area contributed by atoms with E-state index in [1.54, 1.807) is 48.5 Å². The summed E-state index contributed by atoms with van der Waals surface area (Å²) < 4.78 is 20.9. The van der Waals surface area contributed by atoms with Crippen molar-refractivity contribution in [3.8, 4) is 17.2 Å². The first kappa shape index (κ1) is 19.8. The zero-order valence-corrected chi connectivity index (χ0v) is 16.1. The number of hydrogen-bond donors (Lipinski definition) is 2. The Kier molecular flexibility index (Phi) is 6.03. The molecule has 0 aliphatic heterocycles. The third-order valence-corrected chi connectivity index (χ3v) is 4.05. The van der Waals surface area contributed by atoms with Crippen molar-refractivity contribution in [3.05, 3.63) is 66.1 Å². The van der Waals surface area contributed by atoms with Crippen molar-refractivity contribution >= 4 is 23.2 Å². The molecule has 29 heavy (non-hydrogen) atoms. The molecule has 3 aromatic rings. The molecule has 8 nitrogen and oxygen atoms in total. The Morgan fingerprint density at radius 3 is 1.93 bits per heavy atom. The van der Waals surface area contributed by atoms with Crippen LogP contribution in [0.5, 0.6) is 17.2 Å². The molecule has 0 fully saturated rings. The molecule has 0 aliphatic carbocycles. The topological polar surface area (TPSA) is 99.0 Å². The second-order valence-corrected chi connectivity index (χ2v) is 5.88. The van der Waals surface area contributed by atoms with E-state index in [1.165, 1.54) is 27.6 Å². The standard InChI is InChI=1S/C21H20N2O6/c1-26-17-10-13(11-18(27-2)19(17)28-3)20(24)22-14-6-4-7-15(12-14)23-21(25)16-8-5-9-29-16/h4-12H,1-3H3,(H,22,24)(H,23,25). The SMILES string of the molecule is COc1cc(C(=O)Nc2cccc(NC(=O)c3ccco3)c2)cc(OC)c1OC. The third-order valence-electron chi connectivity index (χ3n) is 4.05. The second kappa shape index (κ2) is 8.83. The molecular formula is C21H20N2O6. The molecule has 0 radical (unpaired) electrons. The molecule has 150 valence electrons. The lowest BCUT2D eigenvalue weighted by Crippen LogP contribution is -2.14. The van der Waals surface area contributed by atoms with Gasteiger partial charge in [-0.3, -0.25) is 9.59 Å². The monoisotopic (exact) mass is 396 g/mol. The smallest absolute Gasteiger partial charge is 0.291 e. The predicted molar refractivity (Wildman–Crippen MR) is 107 cm³/mol. The molecule has 2 amide bonds. The van der Waals surface area contributed by atoms with Crippen LogP contribution in [-0.4, -0.2) is 33.1 Å². The van der Waals surface area contributed by atoms with Gasteiger partial charge in [-0.25, -0.2) is 0 Å². The number of methoxy groups -OCH3 is 3. The number of anilines is 2. The van der Waals surface area contributed by atoms with Gasteiger partial charge in [0.15, 0.2) is 17.3 Å². The molecule has 0 spiro atoms. The minimum atomic E-state index is -0.386. The Balaban J connectivity index is 1.78. The van der Waals surface area contributed by atoms with Crippen LogP contribution >= 0.6 is 0 Å². The summed E-state index contributed by atoms with van der Waals surface area (Å²) in [7, 11) is 4.44. The van der Waals surface area contributed by atoms with Crippen molar-refractivity contribution in [2.75, 3.05) is 32.0 Å². The highest BCUT2D eigenvalue weighted by Crippen LogP contribution is 2.38. The van der Waals surface area contributed by atoms with E-state index in [2.05, 4.69) is 10.6 Å². The van der Waals surface area contributed by atoms with Crippen molar-refractivity contribution in [2.45, 2.75) is 0 Å². The van der Waals surface area contributed by atoms with Gasteiger partial charge in [0.05, 0.1) is 27.6 Å². The van der Waals surface area contributed by atoms with E-state index < -0.39 is 0 Å². The van der Waals surface area contributed by atoms with E-state index in [1.807, 2.05) is 0 Å². The normalized spacial score (nSPS) is 10.2. The van der Waals surface area contributed by atoms with Crippen LogP contribution in [0.15, 0.2) is 59.2 Å². The minimum absolute atomic E-state index is 0.192. The first-order valence-corrected chi connectivity index (χ1v) is 8.62. The van der Waals surface area contributed by atoms with Crippen molar-refractivity contribution < 1.29 is 28.2 Å². The largest absolute Gasteiger partial charge is 0.493 e. The maximum absolute atomic E-state index is 12.7. The minimum Gasteiger partial charge on any atom is -0.493 e. The van der Waals surface area contributed by atoms with Gasteiger partial charge >= 0.3 is 0 Å². The van der Waals surface area contributed by atoms with Crippen molar-refractivity contribution in [1.29, 1.82) is 0 Å². The summed E-state index contributed by atoms with van der Waals surface area (Å²) in [4.78, 5) is 24.8. The van der Waals surface area contributed by atoms with E-state index in [0.29, 0.717) is 34.2 Å². The summed E-state index contributed by atoms with van der Waals surface area (Å²) in [5.74, 6) is 0.570. The van der Waals surface area contributed by atoms with Gasteiger partial charge in [0.1, 0.15) is 0 Å². The first-order valence-electron chi connectivity index (χ1n) is 8.62. The fourth-order valence-electron chi connectivity index (χ4n) is 2.69. The zero-order valence-electron chi connectivity index (χ0n) is 16.1. The average Bonchev–Trinajstić information content (AvgIpc) is 3.28. The van der Waals surface area contributed by atoms with Crippen molar-refractivity contribution in [3.63, 3.8) is 0 Å². The highest BCUT2D eigenvalue weighted by molar-refractivity contribution is 6.06. The number of carbonyl (C=O) groups excluding carboxylic acids is 2. The molecule has 2 N–H and O–H groups in total. The van der Waals surface area contributed by atoms with Gasteiger partial charge in [-0.2, -0.15) is 0 Å². The number of benzene rings is 2. The fourth-order valence-corrected chi connectivity index (χ4v) is 2.69. The van der Waals surface area contributed by atoms with Gasteiger partial charge in [0.2, 0.25) is 5.75 Å². The molecule has 0 saturated heterocycles. The molecule has 0 saturated carbocycles. The number of amides is 2. The van der Waals surface area contributed by atoms with E-state index in [-0.39, 0.29) is 17.6 Å². The van der Waals surface area contributed by atoms with Crippen LogP contribution in [-0.2, 0) is 0 Å². The number of rotatable bonds is 7. The Morgan fingerprint density at radius 2 is 1.41 bits per heavy atom. The number of ether oxygens (including phenoxy) is 3. The van der Waals surface area contributed by atoms with Gasteiger partial charge in [-0.15, -0.1) is 0 Å². The molecule has 0 atom stereocenters. The maximum atomic E-state index is 12.7. The number of nitrogens with one attached hydrogen (secondary N) is 2. The molecular weight excluding hydrogens is 376 g/mol. The van der Waals surface area contributed by atoms with E-state index in [4.69, 9.17) is 18.6 Å². The number of furan rings is 1. The summed E-state index contributed by atoms with van der Waals surface area (Å²) in [6.45, 7) is 0. The van der Waals surface area contributed by atoms with E-state index in [9.17, 15) is 9.59 Å². The van der Waals surface area contributed by atoms with Crippen LogP contribution in [0.1, 0.15) is 20.9 Å². The van der Waals surface area contributed by atoms with Crippen molar-refractivity contribution in [1.82, 2.24) is 0 Å². The zero-order chi connectivity index (χ0) is 20.8. The van der Waals surface area contributed by atoms with Crippen molar-refractivity contribution in [2.24, 2.45) is 0 Å².